The predicted molar refractivity (Wildman–Crippen MR) is 92.7 cm³/mol. The summed E-state index contributed by atoms with van der Waals surface area (Å²) in [5, 5.41) is 0.555. The highest BCUT2D eigenvalue weighted by molar-refractivity contribution is 7.19. The van der Waals surface area contributed by atoms with Gasteiger partial charge in [0.2, 0.25) is 5.91 Å². The molecule has 5 nitrogen and oxygen atoms in total. The maximum absolute atomic E-state index is 12.7. The number of primary amides is 1. The molecule has 0 aliphatic rings. The molecular weight excluding hydrogens is 310 g/mol. The molecule has 0 atom stereocenters. The second-order valence-electron chi connectivity index (χ2n) is 5.66. The van der Waals surface area contributed by atoms with Gasteiger partial charge in [0.1, 0.15) is 11.4 Å². The third kappa shape index (κ3) is 2.66. The first kappa shape index (κ1) is 15.4. The summed E-state index contributed by atoms with van der Waals surface area (Å²) in [7, 11) is 0. The van der Waals surface area contributed by atoms with Gasteiger partial charge < -0.3 is 5.73 Å². The largest absolute Gasteiger partial charge is 0.368 e. The lowest BCUT2D eigenvalue weighted by atomic mass is 9.99. The number of hydrogen-bond acceptors (Lipinski definition) is 4. The summed E-state index contributed by atoms with van der Waals surface area (Å²) in [6.07, 6.45) is 1.38. The Morgan fingerprint density at radius 3 is 2.65 bits per heavy atom. The van der Waals surface area contributed by atoms with E-state index in [0.717, 1.165) is 16.0 Å². The van der Waals surface area contributed by atoms with Gasteiger partial charge in [0.15, 0.2) is 0 Å². The highest BCUT2D eigenvalue weighted by Gasteiger charge is 2.17. The van der Waals surface area contributed by atoms with Crippen molar-refractivity contribution >= 4 is 27.5 Å². The zero-order chi connectivity index (χ0) is 16.7. The molecule has 0 aliphatic heterocycles. The normalized spacial score (nSPS) is 11.1. The molecule has 2 heterocycles. The van der Waals surface area contributed by atoms with Crippen molar-refractivity contribution in [1.29, 1.82) is 0 Å². The number of rotatable bonds is 3. The van der Waals surface area contributed by atoms with Crippen LogP contribution in [0.15, 0.2) is 29.3 Å². The van der Waals surface area contributed by atoms with Gasteiger partial charge in [-0.3, -0.25) is 14.2 Å². The minimum Gasteiger partial charge on any atom is -0.368 e. The molecule has 1 aromatic carbocycles. The van der Waals surface area contributed by atoms with Crippen LogP contribution in [0.25, 0.3) is 21.3 Å². The summed E-state index contributed by atoms with van der Waals surface area (Å²) >= 11 is 1.48. The fraction of sp³-hybridized carbons (Fsp3) is 0.235. The lowest BCUT2D eigenvalue weighted by Gasteiger charge is -2.07. The molecular formula is C17H17N3O2S. The van der Waals surface area contributed by atoms with E-state index in [0.29, 0.717) is 10.2 Å². The van der Waals surface area contributed by atoms with Crippen molar-refractivity contribution < 1.29 is 4.79 Å². The van der Waals surface area contributed by atoms with Gasteiger partial charge >= 0.3 is 0 Å². The molecule has 23 heavy (non-hydrogen) atoms. The molecule has 1 amide bonds. The Morgan fingerprint density at radius 2 is 2.00 bits per heavy atom. The zero-order valence-electron chi connectivity index (χ0n) is 13.2. The minimum atomic E-state index is -0.562. The predicted octanol–water partition coefficient (Wildman–Crippen LogP) is 2.54. The van der Waals surface area contributed by atoms with Crippen LogP contribution >= 0.6 is 11.3 Å². The number of benzene rings is 1. The highest BCUT2D eigenvalue weighted by Crippen LogP contribution is 2.36. The number of nitrogens with two attached hydrogens (primary N) is 1. The van der Waals surface area contributed by atoms with Crippen molar-refractivity contribution in [2.24, 2.45) is 5.73 Å². The summed E-state index contributed by atoms with van der Waals surface area (Å²) in [5.74, 6) is -0.562. The van der Waals surface area contributed by atoms with Crippen LogP contribution < -0.4 is 11.3 Å². The van der Waals surface area contributed by atoms with Crippen LogP contribution in [0.5, 0.6) is 0 Å². The number of aromatic nitrogens is 2. The van der Waals surface area contributed by atoms with Crippen LogP contribution in [-0.4, -0.2) is 15.5 Å². The van der Waals surface area contributed by atoms with E-state index in [2.05, 4.69) is 18.0 Å². The van der Waals surface area contributed by atoms with Crippen molar-refractivity contribution in [2.45, 2.75) is 27.3 Å². The first-order valence-corrected chi connectivity index (χ1v) is 8.04. The lowest BCUT2D eigenvalue weighted by molar-refractivity contribution is -0.118. The number of fused-ring (bicyclic) bond motifs is 1. The molecule has 2 N–H and O–H groups in total. The smallest absolute Gasteiger partial charge is 0.263 e. The van der Waals surface area contributed by atoms with Gasteiger partial charge in [-0.1, -0.05) is 18.2 Å². The van der Waals surface area contributed by atoms with Gasteiger partial charge in [-0.15, -0.1) is 11.3 Å². The molecule has 0 spiro atoms. The topological polar surface area (TPSA) is 78.0 Å². The molecule has 6 heteroatoms. The molecule has 3 aromatic rings. The second-order valence-corrected chi connectivity index (χ2v) is 6.86. The maximum Gasteiger partial charge on any atom is 0.263 e. The number of carbonyl (C=O) groups is 1. The molecule has 0 saturated carbocycles. The Bertz CT molecular complexity index is 985. The van der Waals surface area contributed by atoms with Crippen molar-refractivity contribution in [3.8, 4) is 11.1 Å². The van der Waals surface area contributed by atoms with E-state index in [9.17, 15) is 9.59 Å². The number of carbonyl (C=O) groups excluding carboxylic acids is 1. The molecule has 0 aliphatic carbocycles. The fourth-order valence-corrected chi connectivity index (χ4v) is 3.67. The molecule has 0 fully saturated rings. The Kier molecular flexibility index (Phi) is 3.77. The van der Waals surface area contributed by atoms with Crippen molar-refractivity contribution in [3.05, 3.63) is 50.9 Å². The van der Waals surface area contributed by atoms with Crippen molar-refractivity contribution in [2.75, 3.05) is 0 Å². The molecule has 0 saturated heterocycles. The highest BCUT2D eigenvalue weighted by atomic mass is 32.1. The quantitative estimate of drug-likeness (QED) is 0.803. The number of nitrogens with zero attached hydrogens (tertiary/aromatic N) is 2. The molecule has 0 unspecified atom stereocenters. The van der Waals surface area contributed by atoms with Crippen LogP contribution in [-0.2, 0) is 11.3 Å². The number of aryl methyl sites for hydroxylation is 3. The Balaban J connectivity index is 2.31. The lowest BCUT2D eigenvalue weighted by Crippen LogP contribution is -2.28. The van der Waals surface area contributed by atoms with E-state index in [1.807, 2.05) is 26.0 Å². The van der Waals surface area contributed by atoms with Crippen molar-refractivity contribution in [1.82, 2.24) is 9.55 Å². The fourth-order valence-electron chi connectivity index (χ4n) is 2.66. The molecule has 118 valence electrons. The van der Waals surface area contributed by atoms with E-state index in [1.54, 1.807) is 0 Å². The van der Waals surface area contributed by atoms with Gasteiger partial charge in [0.05, 0.1) is 11.7 Å². The van der Waals surface area contributed by atoms with Crippen molar-refractivity contribution in [3.63, 3.8) is 0 Å². The third-order valence-corrected chi connectivity index (χ3v) is 4.99. The molecule has 0 radical (unpaired) electrons. The molecule has 3 rings (SSSR count). The summed E-state index contributed by atoms with van der Waals surface area (Å²) in [5.41, 5.74) is 9.23. The summed E-state index contributed by atoms with van der Waals surface area (Å²) in [6.45, 7) is 5.92. The third-order valence-electron chi connectivity index (χ3n) is 3.98. The van der Waals surface area contributed by atoms with E-state index in [-0.39, 0.29) is 12.1 Å². The first-order chi connectivity index (χ1) is 10.9. The van der Waals surface area contributed by atoms with Crippen LogP contribution in [0.2, 0.25) is 0 Å². The van der Waals surface area contributed by atoms with E-state index >= 15 is 0 Å². The van der Waals surface area contributed by atoms with Gasteiger partial charge in [0.25, 0.3) is 5.56 Å². The Morgan fingerprint density at radius 1 is 1.26 bits per heavy atom. The summed E-state index contributed by atoms with van der Waals surface area (Å²) in [6, 6.07) is 6.14. The van der Waals surface area contributed by atoms with Gasteiger partial charge in [-0.05, 0) is 37.5 Å². The Hall–Kier alpha value is -2.47. The second kappa shape index (κ2) is 5.62. The van der Waals surface area contributed by atoms with E-state index in [4.69, 9.17) is 5.73 Å². The molecule has 0 bridgehead atoms. The van der Waals surface area contributed by atoms with Crippen LogP contribution in [0, 0.1) is 20.8 Å². The SMILES string of the molecule is Cc1ccc(-c2c(C)sc3ncn(CC(N)=O)c(=O)c23)cc1C. The average Bonchev–Trinajstić information content (AvgIpc) is 2.82. The van der Waals surface area contributed by atoms with E-state index < -0.39 is 5.91 Å². The molecule has 2 aromatic heterocycles. The monoisotopic (exact) mass is 327 g/mol. The standard InChI is InChI=1S/C17H17N3O2S/c1-9-4-5-12(6-10(9)2)14-11(3)23-16-15(14)17(22)20(8-19-16)7-13(18)21/h4-6,8H,7H2,1-3H3,(H2,18,21). The van der Waals surface area contributed by atoms with Gasteiger partial charge in [-0.25, -0.2) is 4.98 Å². The van der Waals surface area contributed by atoms with E-state index in [1.165, 1.54) is 33.4 Å². The first-order valence-electron chi connectivity index (χ1n) is 7.23. The number of amides is 1. The van der Waals surface area contributed by atoms with Crippen LogP contribution in [0.1, 0.15) is 16.0 Å². The number of thiophene rings is 1. The zero-order valence-corrected chi connectivity index (χ0v) is 14.0. The summed E-state index contributed by atoms with van der Waals surface area (Å²) in [4.78, 5) is 29.9. The van der Waals surface area contributed by atoms with Gasteiger partial charge in [0, 0.05) is 10.4 Å². The van der Waals surface area contributed by atoms with Crippen LogP contribution in [0.4, 0.5) is 0 Å². The average molecular weight is 327 g/mol. The number of hydrogen-bond donors (Lipinski definition) is 1. The Labute approximate surface area is 137 Å². The summed E-state index contributed by atoms with van der Waals surface area (Å²) < 4.78 is 1.27. The van der Waals surface area contributed by atoms with Gasteiger partial charge in [-0.2, -0.15) is 0 Å². The maximum atomic E-state index is 12.7. The minimum absolute atomic E-state index is 0.164. The van der Waals surface area contributed by atoms with Crippen LogP contribution in [0.3, 0.4) is 0 Å².